The molecule has 0 saturated heterocycles. The Hall–Kier alpha value is -3.76. The summed E-state index contributed by atoms with van der Waals surface area (Å²) < 4.78 is 5.75. The van der Waals surface area contributed by atoms with Crippen molar-refractivity contribution in [3.05, 3.63) is 93.5 Å². The zero-order chi connectivity index (χ0) is 24.7. The van der Waals surface area contributed by atoms with Gasteiger partial charge in [-0.15, -0.1) is 0 Å². The number of carbonyl (C=O) groups is 3. The van der Waals surface area contributed by atoms with Crippen LogP contribution in [-0.4, -0.2) is 29.9 Å². The number of hydrogen-bond donors (Lipinski definition) is 4. The second kappa shape index (κ2) is 11.4. The number of rotatable bonds is 5. The molecule has 0 aromatic heterocycles. The third-order valence-corrected chi connectivity index (χ3v) is 5.44. The predicted octanol–water partition coefficient (Wildman–Crippen LogP) is 3.97. The van der Waals surface area contributed by atoms with Crippen molar-refractivity contribution in [3.8, 4) is 5.75 Å². The van der Waals surface area contributed by atoms with Crippen LogP contribution in [0.2, 0.25) is 0 Å². The van der Waals surface area contributed by atoms with Gasteiger partial charge in [-0.05, 0) is 89.7 Å². The molecule has 0 unspecified atom stereocenters. The quantitative estimate of drug-likeness (QED) is 0.288. The van der Waals surface area contributed by atoms with Crippen LogP contribution in [0.5, 0.6) is 5.75 Å². The second-order valence-electron chi connectivity index (χ2n) is 7.11. The molecule has 34 heavy (non-hydrogen) atoms. The standard InChI is InChI=1S/C24H21BrN4O4S/c1-14-4-3-5-16(12-14)21(30)26-18-9-6-15(7-10-18)23(32)28-29-24(34)27-22(31)17-8-11-20(33-2)19(25)13-17/h3-13H,1-2H3,(H,26,30)(H,28,32)(H2,27,29,31,34). The molecule has 10 heteroatoms. The summed E-state index contributed by atoms with van der Waals surface area (Å²) in [5.41, 5.74) is 7.66. The summed E-state index contributed by atoms with van der Waals surface area (Å²) in [5.74, 6) is -0.582. The molecular weight excluding hydrogens is 520 g/mol. The summed E-state index contributed by atoms with van der Waals surface area (Å²) in [7, 11) is 1.52. The van der Waals surface area contributed by atoms with Crippen molar-refractivity contribution in [2.75, 3.05) is 12.4 Å². The van der Waals surface area contributed by atoms with E-state index in [0.717, 1.165) is 5.56 Å². The van der Waals surface area contributed by atoms with Crippen LogP contribution in [0.25, 0.3) is 0 Å². The van der Waals surface area contributed by atoms with Crippen molar-refractivity contribution in [1.82, 2.24) is 16.2 Å². The Bertz CT molecular complexity index is 1250. The van der Waals surface area contributed by atoms with Gasteiger partial charge < -0.3 is 10.1 Å². The number of anilines is 1. The van der Waals surface area contributed by atoms with Crippen molar-refractivity contribution >= 4 is 56.7 Å². The molecule has 0 heterocycles. The Morgan fingerprint density at radius 2 is 1.50 bits per heavy atom. The number of nitrogens with one attached hydrogen (secondary N) is 4. The summed E-state index contributed by atoms with van der Waals surface area (Å²) in [6.07, 6.45) is 0. The van der Waals surface area contributed by atoms with Crippen LogP contribution in [0, 0.1) is 6.92 Å². The second-order valence-corrected chi connectivity index (χ2v) is 8.38. The van der Waals surface area contributed by atoms with Gasteiger partial charge >= 0.3 is 0 Å². The first kappa shape index (κ1) is 24.9. The minimum atomic E-state index is -0.472. The van der Waals surface area contributed by atoms with E-state index in [1.807, 2.05) is 19.1 Å². The fraction of sp³-hybridized carbons (Fsp3) is 0.0833. The molecule has 0 spiro atoms. The zero-order valence-electron chi connectivity index (χ0n) is 18.3. The van der Waals surface area contributed by atoms with Crippen molar-refractivity contribution in [3.63, 3.8) is 0 Å². The highest BCUT2D eigenvalue weighted by molar-refractivity contribution is 9.10. The van der Waals surface area contributed by atoms with E-state index in [-0.39, 0.29) is 11.0 Å². The van der Waals surface area contributed by atoms with E-state index in [0.29, 0.717) is 32.6 Å². The number of ether oxygens (including phenoxy) is 1. The van der Waals surface area contributed by atoms with E-state index in [9.17, 15) is 14.4 Å². The smallest absolute Gasteiger partial charge is 0.269 e. The molecule has 0 saturated carbocycles. The number of methoxy groups -OCH3 is 1. The molecule has 3 rings (SSSR count). The molecule has 3 aromatic rings. The van der Waals surface area contributed by atoms with Crippen molar-refractivity contribution in [2.45, 2.75) is 6.92 Å². The van der Waals surface area contributed by atoms with Crippen molar-refractivity contribution in [2.24, 2.45) is 0 Å². The normalized spacial score (nSPS) is 10.1. The Morgan fingerprint density at radius 3 is 2.15 bits per heavy atom. The topological polar surface area (TPSA) is 109 Å². The maximum Gasteiger partial charge on any atom is 0.269 e. The first-order valence-corrected chi connectivity index (χ1v) is 11.2. The number of thiocarbonyl (C=S) groups is 1. The van der Waals surface area contributed by atoms with E-state index >= 15 is 0 Å². The average molecular weight is 541 g/mol. The molecule has 0 bridgehead atoms. The predicted molar refractivity (Wildman–Crippen MR) is 137 cm³/mol. The third kappa shape index (κ3) is 6.63. The lowest BCUT2D eigenvalue weighted by Gasteiger charge is -2.12. The van der Waals surface area contributed by atoms with Gasteiger partial charge in [-0.3, -0.25) is 30.6 Å². The first-order valence-electron chi connectivity index (χ1n) is 10.00. The number of hydrazine groups is 1. The number of carbonyl (C=O) groups excluding carboxylic acids is 3. The number of halogens is 1. The van der Waals surface area contributed by atoms with Crippen LogP contribution in [0.4, 0.5) is 5.69 Å². The largest absolute Gasteiger partial charge is 0.496 e. The lowest BCUT2D eigenvalue weighted by molar-refractivity contribution is 0.0934. The van der Waals surface area contributed by atoms with Crippen molar-refractivity contribution in [1.29, 1.82) is 0 Å². The van der Waals surface area contributed by atoms with Gasteiger partial charge in [-0.2, -0.15) is 0 Å². The van der Waals surface area contributed by atoms with Gasteiger partial charge in [-0.1, -0.05) is 17.7 Å². The Kier molecular flexibility index (Phi) is 8.34. The van der Waals surface area contributed by atoms with Gasteiger partial charge in [0.2, 0.25) is 0 Å². The van der Waals surface area contributed by atoms with Gasteiger partial charge in [0.05, 0.1) is 11.6 Å². The summed E-state index contributed by atoms with van der Waals surface area (Å²) in [6, 6.07) is 18.4. The SMILES string of the molecule is COc1ccc(C(=O)NC(=S)NNC(=O)c2ccc(NC(=O)c3cccc(C)c3)cc2)cc1Br. The minimum absolute atomic E-state index is 0.0765. The zero-order valence-corrected chi connectivity index (χ0v) is 20.7. The minimum Gasteiger partial charge on any atom is -0.496 e. The van der Waals surface area contributed by atoms with Crippen molar-refractivity contribution < 1.29 is 19.1 Å². The van der Waals surface area contributed by atoms with Crippen LogP contribution in [0.15, 0.2) is 71.2 Å². The Morgan fingerprint density at radius 1 is 0.824 bits per heavy atom. The van der Waals surface area contributed by atoms with E-state index in [2.05, 4.69) is 37.4 Å². The van der Waals surface area contributed by atoms with Gasteiger partial charge in [0.15, 0.2) is 5.11 Å². The summed E-state index contributed by atoms with van der Waals surface area (Å²) in [4.78, 5) is 37.0. The summed E-state index contributed by atoms with van der Waals surface area (Å²) in [6.45, 7) is 1.91. The van der Waals surface area contributed by atoms with Crippen LogP contribution in [0.1, 0.15) is 36.6 Å². The molecule has 3 amide bonds. The van der Waals surface area contributed by atoms with E-state index in [1.54, 1.807) is 54.6 Å². The third-order valence-electron chi connectivity index (χ3n) is 4.62. The molecule has 0 aliphatic heterocycles. The monoisotopic (exact) mass is 540 g/mol. The molecular formula is C24H21BrN4O4S. The molecule has 0 aliphatic rings. The molecule has 8 nitrogen and oxygen atoms in total. The lowest BCUT2D eigenvalue weighted by Crippen LogP contribution is -2.48. The van der Waals surface area contributed by atoms with E-state index < -0.39 is 11.8 Å². The molecule has 0 radical (unpaired) electrons. The molecule has 0 aliphatic carbocycles. The number of hydrogen-bond acceptors (Lipinski definition) is 5. The van der Waals surface area contributed by atoms with Crippen LogP contribution < -0.4 is 26.2 Å². The maximum absolute atomic E-state index is 12.4. The Labute approximate surface area is 210 Å². The first-order chi connectivity index (χ1) is 16.3. The number of amides is 3. The summed E-state index contributed by atoms with van der Waals surface area (Å²) in [5, 5.41) is 5.18. The van der Waals surface area contributed by atoms with Gasteiger partial charge in [0.1, 0.15) is 5.75 Å². The highest BCUT2D eigenvalue weighted by Crippen LogP contribution is 2.25. The average Bonchev–Trinajstić information content (AvgIpc) is 2.82. The van der Waals surface area contributed by atoms with E-state index in [4.69, 9.17) is 17.0 Å². The van der Waals surface area contributed by atoms with Gasteiger partial charge in [0.25, 0.3) is 17.7 Å². The lowest BCUT2D eigenvalue weighted by atomic mass is 10.1. The number of aryl methyl sites for hydroxylation is 1. The fourth-order valence-electron chi connectivity index (χ4n) is 2.89. The molecule has 0 atom stereocenters. The Balaban J connectivity index is 1.50. The maximum atomic E-state index is 12.4. The summed E-state index contributed by atoms with van der Waals surface area (Å²) >= 11 is 8.38. The van der Waals surface area contributed by atoms with Crippen LogP contribution >= 0.6 is 28.1 Å². The van der Waals surface area contributed by atoms with Gasteiger partial charge in [-0.25, -0.2) is 0 Å². The van der Waals surface area contributed by atoms with Crippen LogP contribution in [-0.2, 0) is 0 Å². The highest BCUT2D eigenvalue weighted by Gasteiger charge is 2.12. The molecule has 3 aromatic carbocycles. The van der Waals surface area contributed by atoms with E-state index in [1.165, 1.54) is 7.11 Å². The molecule has 174 valence electrons. The molecule has 4 N–H and O–H groups in total. The number of benzene rings is 3. The van der Waals surface area contributed by atoms with Gasteiger partial charge in [0, 0.05) is 22.4 Å². The fourth-order valence-corrected chi connectivity index (χ4v) is 3.58. The molecule has 0 fully saturated rings. The van der Waals surface area contributed by atoms with Crippen LogP contribution in [0.3, 0.4) is 0 Å². The highest BCUT2D eigenvalue weighted by atomic mass is 79.9.